The number of fused-ring (bicyclic) bond motifs is 2. The molecule has 214 valence electrons. The van der Waals surface area contributed by atoms with E-state index in [4.69, 9.17) is 27.9 Å². The molecule has 0 aromatic heterocycles. The normalized spacial score (nSPS) is 23.5. The van der Waals surface area contributed by atoms with Gasteiger partial charge < -0.3 is 25.2 Å². The lowest BCUT2D eigenvalue weighted by molar-refractivity contribution is -0.127. The fourth-order valence-corrected chi connectivity index (χ4v) is 7.15. The lowest BCUT2D eigenvalue weighted by atomic mass is 9.71. The second kappa shape index (κ2) is 10.8. The Morgan fingerprint density at radius 3 is 2.59 bits per heavy atom. The Bertz CT molecular complexity index is 1510. The molecule has 0 unspecified atom stereocenters. The summed E-state index contributed by atoms with van der Waals surface area (Å²) in [5.74, 6) is -0.712. The molecule has 1 aliphatic carbocycles. The van der Waals surface area contributed by atoms with Gasteiger partial charge >= 0.3 is 5.97 Å². The highest BCUT2D eigenvalue weighted by molar-refractivity contribution is 6.31. The Kier molecular flexibility index (Phi) is 7.36. The van der Waals surface area contributed by atoms with Crippen LogP contribution in [0.15, 0.2) is 60.7 Å². The molecule has 41 heavy (non-hydrogen) atoms. The number of rotatable bonds is 9. The van der Waals surface area contributed by atoms with Gasteiger partial charge in [-0.3, -0.25) is 9.69 Å². The van der Waals surface area contributed by atoms with Crippen LogP contribution in [0.2, 0.25) is 10.0 Å². The van der Waals surface area contributed by atoms with Gasteiger partial charge in [0.1, 0.15) is 18.0 Å². The Morgan fingerprint density at radius 2 is 1.90 bits per heavy atom. The van der Waals surface area contributed by atoms with E-state index in [0.29, 0.717) is 46.2 Å². The molecule has 3 N–H and O–H groups in total. The minimum absolute atomic E-state index is 0.0913. The average Bonchev–Trinajstić information content (AvgIpc) is 3.65. The molecule has 1 saturated carbocycles. The van der Waals surface area contributed by atoms with Crippen LogP contribution in [0, 0.1) is 11.8 Å². The van der Waals surface area contributed by atoms with E-state index in [1.54, 1.807) is 17.0 Å². The third-order valence-electron chi connectivity index (χ3n) is 8.64. The number of hydrogen-bond donors (Lipinski definition) is 3. The van der Waals surface area contributed by atoms with E-state index in [2.05, 4.69) is 10.2 Å². The Balaban J connectivity index is 1.48. The van der Waals surface area contributed by atoms with E-state index >= 15 is 0 Å². The van der Waals surface area contributed by atoms with Crippen LogP contribution in [-0.2, 0) is 10.3 Å². The first-order chi connectivity index (χ1) is 19.8. The SMILES string of the molecule is COc1cc(C(=O)O)ccc1N(CO)C[C@@H]1CN(CC2CC2)[C@@]2(C(=O)Nc3cc(Cl)ccc32)[C@H]1c1cccc(Cl)c1. The molecule has 3 atom stereocenters. The van der Waals surface area contributed by atoms with E-state index in [9.17, 15) is 19.8 Å². The summed E-state index contributed by atoms with van der Waals surface area (Å²) in [5.41, 5.74) is 2.21. The maximum atomic E-state index is 14.3. The van der Waals surface area contributed by atoms with Crippen LogP contribution in [0.5, 0.6) is 5.75 Å². The molecular formula is C31H31Cl2N3O5. The number of halogens is 2. The van der Waals surface area contributed by atoms with Gasteiger partial charge in [-0.15, -0.1) is 0 Å². The molecule has 1 spiro atoms. The summed E-state index contributed by atoms with van der Waals surface area (Å²) < 4.78 is 5.54. The molecule has 2 aliphatic heterocycles. The first-order valence-corrected chi connectivity index (χ1v) is 14.4. The zero-order valence-electron chi connectivity index (χ0n) is 22.5. The maximum Gasteiger partial charge on any atom is 0.335 e. The van der Waals surface area contributed by atoms with Crippen molar-refractivity contribution in [2.45, 2.75) is 24.3 Å². The number of amides is 1. The topological polar surface area (TPSA) is 102 Å². The van der Waals surface area contributed by atoms with Crippen LogP contribution < -0.4 is 15.0 Å². The predicted molar refractivity (Wildman–Crippen MR) is 158 cm³/mol. The summed E-state index contributed by atoms with van der Waals surface area (Å²) in [6.45, 7) is 1.44. The van der Waals surface area contributed by atoms with E-state index < -0.39 is 11.5 Å². The van der Waals surface area contributed by atoms with Gasteiger partial charge in [-0.2, -0.15) is 0 Å². The van der Waals surface area contributed by atoms with Gasteiger partial charge in [0.2, 0.25) is 5.91 Å². The van der Waals surface area contributed by atoms with Crippen molar-refractivity contribution in [3.8, 4) is 5.75 Å². The first kappa shape index (κ1) is 27.8. The second-order valence-corrected chi connectivity index (χ2v) is 12.0. The number of methoxy groups -OCH3 is 1. The fourth-order valence-electron chi connectivity index (χ4n) is 6.78. The number of ether oxygens (including phenoxy) is 1. The van der Waals surface area contributed by atoms with E-state index in [1.807, 2.05) is 36.4 Å². The van der Waals surface area contributed by atoms with Crippen molar-refractivity contribution < 1.29 is 24.5 Å². The number of carboxylic acids is 1. The number of aromatic carboxylic acids is 1. The summed E-state index contributed by atoms with van der Waals surface area (Å²) in [6, 6.07) is 17.8. The predicted octanol–water partition coefficient (Wildman–Crippen LogP) is 5.43. The van der Waals surface area contributed by atoms with Gasteiger partial charge in [0.25, 0.3) is 0 Å². The standard InChI is InChI=1S/C31H31Cl2N3O5/c1-41-27-12-20(29(38)39)7-10-26(27)35(17-37)15-21-16-36(14-18-5-6-18)31(28(21)19-3-2-4-22(32)11-19)24-9-8-23(33)13-25(24)34-30(31)40/h2-4,7-13,18,21,28,37H,5-6,14-17H2,1H3,(H,34,40)(H,38,39)/t21-,28+,31-/m1/s1. The molecule has 8 nitrogen and oxygen atoms in total. The number of nitrogens with zero attached hydrogens (tertiary/aromatic N) is 2. The number of benzene rings is 3. The average molecular weight is 597 g/mol. The van der Waals surface area contributed by atoms with Crippen molar-refractivity contribution in [1.29, 1.82) is 0 Å². The van der Waals surface area contributed by atoms with E-state index in [0.717, 1.165) is 30.5 Å². The second-order valence-electron chi connectivity index (χ2n) is 11.1. The summed E-state index contributed by atoms with van der Waals surface area (Å²) in [6.07, 6.45) is 2.26. The highest BCUT2D eigenvalue weighted by atomic mass is 35.5. The lowest BCUT2D eigenvalue weighted by Crippen LogP contribution is -2.50. The molecule has 0 radical (unpaired) electrons. The monoisotopic (exact) mass is 595 g/mol. The molecule has 3 aliphatic rings. The van der Waals surface area contributed by atoms with Crippen LogP contribution in [0.25, 0.3) is 0 Å². The van der Waals surface area contributed by atoms with Crippen LogP contribution in [-0.4, -0.2) is 60.5 Å². The van der Waals surface area contributed by atoms with Crippen molar-refractivity contribution in [3.05, 3.63) is 87.4 Å². The van der Waals surface area contributed by atoms with Crippen molar-refractivity contribution in [1.82, 2.24) is 4.90 Å². The summed E-state index contributed by atoms with van der Waals surface area (Å²) in [7, 11) is 1.47. The molecule has 2 heterocycles. The van der Waals surface area contributed by atoms with Gasteiger partial charge in [0.05, 0.1) is 18.4 Å². The Labute approximate surface area is 248 Å². The molecule has 10 heteroatoms. The molecule has 6 rings (SSSR count). The number of nitrogens with one attached hydrogen (secondary N) is 1. The number of hydrogen-bond acceptors (Lipinski definition) is 6. The highest BCUT2D eigenvalue weighted by Crippen LogP contribution is 2.58. The van der Waals surface area contributed by atoms with E-state index in [1.165, 1.54) is 19.2 Å². The summed E-state index contributed by atoms with van der Waals surface area (Å²) in [4.78, 5) is 29.9. The third-order valence-corrected chi connectivity index (χ3v) is 9.11. The molecule has 2 fully saturated rings. The van der Waals surface area contributed by atoms with Crippen LogP contribution in [0.3, 0.4) is 0 Å². The molecule has 1 saturated heterocycles. The molecular weight excluding hydrogens is 565 g/mol. The zero-order chi connectivity index (χ0) is 28.9. The fraction of sp³-hybridized carbons (Fsp3) is 0.355. The van der Waals surface area contributed by atoms with Gasteiger partial charge in [-0.25, -0.2) is 4.79 Å². The van der Waals surface area contributed by atoms with Crippen LogP contribution >= 0.6 is 23.2 Å². The number of likely N-dealkylation sites (tertiary alicyclic amines) is 1. The van der Waals surface area contributed by atoms with Crippen molar-refractivity contribution in [2.75, 3.05) is 43.7 Å². The molecule has 0 bridgehead atoms. The van der Waals surface area contributed by atoms with Crippen LogP contribution in [0.1, 0.15) is 40.2 Å². The zero-order valence-corrected chi connectivity index (χ0v) is 24.0. The summed E-state index contributed by atoms with van der Waals surface area (Å²) >= 11 is 12.9. The van der Waals surface area contributed by atoms with Crippen molar-refractivity contribution in [2.24, 2.45) is 11.8 Å². The number of carbonyl (C=O) groups is 2. The van der Waals surface area contributed by atoms with Crippen LogP contribution in [0.4, 0.5) is 11.4 Å². The molecule has 3 aromatic rings. The Morgan fingerprint density at radius 1 is 1.12 bits per heavy atom. The lowest BCUT2D eigenvalue weighted by Gasteiger charge is -2.39. The van der Waals surface area contributed by atoms with E-state index in [-0.39, 0.29) is 30.0 Å². The molecule has 1 amide bonds. The minimum atomic E-state index is -1.06. The van der Waals surface area contributed by atoms with Gasteiger partial charge in [-0.1, -0.05) is 41.4 Å². The number of anilines is 2. The smallest absolute Gasteiger partial charge is 0.335 e. The minimum Gasteiger partial charge on any atom is -0.495 e. The van der Waals surface area contributed by atoms with Gasteiger partial charge in [-0.05, 0) is 72.7 Å². The van der Waals surface area contributed by atoms with Crippen molar-refractivity contribution >= 4 is 46.5 Å². The summed E-state index contributed by atoms with van der Waals surface area (Å²) in [5, 5.41) is 24.3. The first-order valence-electron chi connectivity index (χ1n) is 13.6. The number of aliphatic hydroxyl groups is 1. The highest BCUT2D eigenvalue weighted by Gasteiger charge is 2.63. The van der Waals surface area contributed by atoms with Gasteiger partial charge in [0, 0.05) is 46.8 Å². The maximum absolute atomic E-state index is 14.3. The number of aliphatic hydroxyl groups excluding tert-OH is 1. The number of carbonyl (C=O) groups excluding carboxylic acids is 1. The largest absolute Gasteiger partial charge is 0.495 e. The third kappa shape index (κ3) is 4.83. The Hall–Kier alpha value is -3.30. The quantitative estimate of drug-likeness (QED) is 0.283. The number of carboxylic acid groups (broad SMARTS) is 1. The van der Waals surface area contributed by atoms with Crippen molar-refractivity contribution in [3.63, 3.8) is 0 Å². The molecule has 3 aromatic carbocycles. The van der Waals surface area contributed by atoms with Gasteiger partial charge in [0.15, 0.2) is 0 Å².